The molecule has 1 aliphatic heterocycles. The molecule has 1 atom stereocenters. The molecule has 1 rings (SSSR count). The third kappa shape index (κ3) is 8.47. The van der Waals surface area contributed by atoms with E-state index in [4.69, 9.17) is 0 Å². The molecule has 1 unspecified atom stereocenters. The topological polar surface area (TPSA) is 15.3 Å². The molecule has 0 saturated carbocycles. The van der Waals surface area contributed by atoms with Crippen molar-refractivity contribution >= 4 is 0 Å². The van der Waals surface area contributed by atoms with E-state index in [1.165, 1.54) is 6.42 Å². The molecule has 1 saturated heterocycles. The number of nitrogens with one attached hydrogen (secondary N) is 1. The van der Waals surface area contributed by atoms with Crippen LogP contribution in [0.15, 0.2) is 0 Å². The minimum absolute atomic E-state index is 0.110. The van der Waals surface area contributed by atoms with Crippen molar-refractivity contribution < 1.29 is 13.2 Å². The van der Waals surface area contributed by atoms with Gasteiger partial charge in [-0.3, -0.25) is 0 Å². The number of hydrogen-bond donors (Lipinski definition) is 1. The molecule has 0 amide bonds. The molecular formula is C14H27F3N2. The summed E-state index contributed by atoms with van der Waals surface area (Å²) in [5.41, 5.74) is 0.110. The Morgan fingerprint density at radius 3 is 2.47 bits per heavy atom. The standard InChI is InChI=1S/C14H27F3N2/c1-13(2,3)18-10-12-6-4-8-19(11-12)9-5-7-14(15,16)17/h12,18H,4-11H2,1-3H3. The van der Waals surface area contributed by atoms with E-state index in [9.17, 15) is 13.2 Å². The van der Waals surface area contributed by atoms with Crippen molar-refractivity contribution in [3.05, 3.63) is 0 Å². The van der Waals surface area contributed by atoms with Gasteiger partial charge in [-0.2, -0.15) is 13.2 Å². The van der Waals surface area contributed by atoms with Gasteiger partial charge in [0.15, 0.2) is 0 Å². The van der Waals surface area contributed by atoms with E-state index < -0.39 is 12.6 Å². The van der Waals surface area contributed by atoms with Crippen LogP contribution in [0.1, 0.15) is 46.5 Å². The number of hydrogen-bond acceptors (Lipinski definition) is 2. The summed E-state index contributed by atoms with van der Waals surface area (Å²) in [5, 5.41) is 3.49. The summed E-state index contributed by atoms with van der Waals surface area (Å²) in [6, 6.07) is 0. The minimum Gasteiger partial charge on any atom is -0.312 e. The lowest BCUT2D eigenvalue weighted by Gasteiger charge is -2.34. The Morgan fingerprint density at radius 1 is 1.21 bits per heavy atom. The van der Waals surface area contributed by atoms with E-state index in [2.05, 4.69) is 31.0 Å². The first kappa shape index (κ1) is 16.8. The molecule has 0 aromatic heterocycles. The largest absolute Gasteiger partial charge is 0.389 e. The van der Waals surface area contributed by atoms with Gasteiger partial charge in [0, 0.05) is 18.5 Å². The van der Waals surface area contributed by atoms with Crippen LogP contribution in [0.2, 0.25) is 0 Å². The van der Waals surface area contributed by atoms with Gasteiger partial charge in [-0.05, 0) is 65.6 Å². The van der Waals surface area contributed by atoms with Crippen LogP contribution < -0.4 is 5.32 Å². The molecular weight excluding hydrogens is 253 g/mol. The molecule has 5 heteroatoms. The van der Waals surface area contributed by atoms with E-state index in [1.807, 2.05) is 0 Å². The van der Waals surface area contributed by atoms with Crippen LogP contribution >= 0.6 is 0 Å². The first-order valence-corrected chi connectivity index (χ1v) is 7.20. The number of likely N-dealkylation sites (tertiary alicyclic amines) is 1. The molecule has 0 bridgehead atoms. The first-order chi connectivity index (χ1) is 8.66. The van der Waals surface area contributed by atoms with Crippen molar-refractivity contribution in [1.29, 1.82) is 0 Å². The van der Waals surface area contributed by atoms with Gasteiger partial charge in [-0.1, -0.05) is 0 Å². The second kappa shape index (κ2) is 6.93. The zero-order chi connectivity index (χ0) is 14.5. The Balaban J connectivity index is 2.22. The van der Waals surface area contributed by atoms with Crippen LogP contribution in [0, 0.1) is 5.92 Å². The van der Waals surface area contributed by atoms with Crippen molar-refractivity contribution in [2.75, 3.05) is 26.2 Å². The summed E-state index contributed by atoms with van der Waals surface area (Å²) in [7, 11) is 0. The molecule has 114 valence electrons. The predicted molar refractivity (Wildman–Crippen MR) is 72.2 cm³/mol. The number of halogens is 3. The highest BCUT2D eigenvalue weighted by molar-refractivity contribution is 4.78. The second-order valence-electron chi connectivity index (χ2n) is 6.66. The first-order valence-electron chi connectivity index (χ1n) is 7.20. The summed E-state index contributed by atoms with van der Waals surface area (Å²) in [6.45, 7) is 9.82. The number of piperidine rings is 1. The van der Waals surface area contributed by atoms with E-state index in [0.717, 1.165) is 26.1 Å². The van der Waals surface area contributed by atoms with Crippen molar-refractivity contribution in [3.8, 4) is 0 Å². The molecule has 1 aliphatic rings. The number of nitrogens with zero attached hydrogens (tertiary/aromatic N) is 1. The third-order valence-corrected chi connectivity index (χ3v) is 3.46. The van der Waals surface area contributed by atoms with Crippen molar-refractivity contribution in [2.45, 2.75) is 58.2 Å². The van der Waals surface area contributed by atoms with Crippen molar-refractivity contribution in [1.82, 2.24) is 10.2 Å². The molecule has 1 heterocycles. The number of alkyl halides is 3. The molecule has 0 spiro atoms. The average Bonchev–Trinajstić information content (AvgIpc) is 2.24. The summed E-state index contributed by atoms with van der Waals surface area (Å²) in [6.07, 6.45) is -2.17. The van der Waals surface area contributed by atoms with E-state index in [0.29, 0.717) is 12.5 Å². The fourth-order valence-electron chi connectivity index (χ4n) is 2.47. The van der Waals surface area contributed by atoms with Gasteiger partial charge in [-0.15, -0.1) is 0 Å². The van der Waals surface area contributed by atoms with Gasteiger partial charge >= 0.3 is 6.18 Å². The summed E-state index contributed by atoms with van der Waals surface area (Å²) < 4.78 is 36.3. The fourth-order valence-corrected chi connectivity index (χ4v) is 2.47. The SMILES string of the molecule is CC(C)(C)NCC1CCCN(CCCC(F)(F)F)C1. The molecule has 1 fully saturated rings. The lowest BCUT2D eigenvalue weighted by atomic mass is 9.96. The maximum absolute atomic E-state index is 12.1. The van der Waals surface area contributed by atoms with Gasteiger partial charge < -0.3 is 10.2 Å². The van der Waals surface area contributed by atoms with Gasteiger partial charge in [0.2, 0.25) is 0 Å². The van der Waals surface area contributed by atoms with Crippen LogP contribution in [0.3, 0.4) is 0 Å². The molecule has 1 N–H and O–H groups in total. The lowest BCUT2D eigenvalue weighted by Crippen LogP contribution is -2.44. The average molecular weight is 280 g/mol. The number of rotatable bonds is 5. The van der Waals surface area contributed by atoms with Crippen LogP contribution in [0.25, 0.3) is 0 Å². The highest BCUT2D eigenvalue weighted by Gasteiger charge is 2.27. The molecule has 2 nitrogen and oxygen atoms in total. The molecule has 0 aliphatic carbocycles. The Morgan fingerprint density at radius 2 is 1.89 bits per heavy atom. The van der Waals surface area contributed by atoms with Crippen molar-refractivity contribution in [3.63, 3.8) is 0 Å². The molecule has 19 heavy (non-hydrogen) atoms. The zero-order valence-electron chi connectivity index (χ0n) is 12.3. The van der Waals surface area contributed by atoms with Gasteiger partial charge in [-0.25, -0.2) is 0 Å². The second-order valence-corrected chi connectivity index (χ2v) is 6.66. The maximum atomic E-state index is 12.1. The maximum Gasteiger partial charge on any atom is 0.389 e. The Hall–Kier alpha value is -0.290. The Bertz CT molecular complexity index is 258. The molecule has 0 radical (unpaired) electrons. The minimum atomic E-state index is -4.01. The normalized spacial score (nSPS) is 22.7. The van der Waals surface area contributed by atoms with E-state index >= 15 is 0 Å². The van der Waals surface area contributed by atoms with Crippen molar-refractivity contribution in [2.24, 2.45) is 5.92 Å². The van der Waals surface area contributed by atoms with Crippen LogP contribution in [-0.4, -0.2) is 42.8 Å². The Kier molecular flexibility index (Phi) is 6.12. The Labute approximate surface area is 114 Å². The van der Waals surface area contributed by atoms with Crippen LogP contribution in [0.4, 0.5) is 13.2 Å². The summed E-state index contributed by atoms with van der Waals surface area (Å²) in [5.74, 6) is 0.568. The van der Waals surface area contributed by atoms with Gasteiger partial charge in [0.1, 0.15) is 0 Å². The van der Waals surface area contributed by atoms with E-state index in [1.54, 1.807) is 0 Å². The highest BCUT2D eigenvalue weighted by Crippen LogP contribution is 2.23. The van der Waals surface area contributed by atoms with Crippen LogP contribution in [0.5, 0.6) is 0 Å². The lowest BCUT2D eigenvalue weighted by molar-refractivity contribution is -0.136. The van der Waals surface area contributed by atoms with Gasteiger partial charge in [0.05, 0.1) is 0 Å². The predicted octanol–water partition coefficient (Wildman–Crippen LogP) is 3.43. The van der Waals surface area contributed by atoms with Crippen LogP contribution in [-0.2, 0) is 0 Å². The molecule has 0 aromatic rings. The van der Waals surface area contributed by atoms with Gasteiger partial charge in [0.25, 0.3) is 0 Å². The zero-order valence-corrected chi connectivity index (χ0v) is 12.3. The highest BCUT2D eigenvalue weighted by atomic mass is 19.4. The molecule has 0 aromatic carbocycles. The smallest absolute Gasteiger partial charge is 0.312 e. The third-order valence-electron chi connectivity index (χ3n) is 3.46. The fraction of sp³-hybridized carbons (Fsp3) is 1.00. The summed E-state index contributed by atoms with van der Waals surface area (Å²) >= 11 is 0. The summed E-state index contributed by atoms with van der Waals surface area (Å²) in [4.78, 5) is 2.18. The van der Waals surface area contributed by atoms with E-state index in [-0.39, 0.29) is 12.0 Å². The monoisotopic (exact) mass is 280 g/mol. The quantitative estimate of drug-likeness (QED) is 0.830.